The maximum Gasteiger partial charge on any atom is 0.251 e. The summed E-state index contributed by atoms with van der Waals surface area (Å²) in [7, 11) is 1.62. The van der Waals surface area contributed by atoms with E-state index in [1.165, 1.54) is 0 Å². The summed E-state index contributed by atoms with van der Waals surface area (Å²) in [4.78, 5) is 23.1. The summed E-state index contributed by atoms with van der Waals surface area (Å²) in [5.74, 6) is -2.83. The molecule has 2 bridgehead atoms. The molecule has 11 heteroatoms. The molecule has 0 unspecified atom stereocenters. The Balaban J connectivity index is 1.35. The van der Waals surface area contributed by atoms with Gasteiger partial charge in [0.2, 0.25) is 11.9 Å². The molecule has 0 radical (unpaired) electrons. The van der Waals surface area contributed by atoms with Crippen LogP contribution in [0.15, 0.2) is 24.4 Å². The predicted octanol–water partition coefficient (Wildman–Crippen LogP) is 5.85. The van der Waals surface area contributed by atoms with Crippen LogP contribution in [0.4, 0.5) is 36.3 Å². The second-order valence-corrected chi connectivity index (χ2v) is 12.0. The van der Waals surface area contributed by atoms with E-state index in [0.717, 1.165) is 19.0 Å². The molecule has 2 heterocycles. The minimum absolute atomic E-state index is 0.0250. The van der Waals surface area contributed by atoms with Gasteiger partial charge in [-0.15, -0.1) is 0 Å². The van der Waals surface area contributed by atoms with Gasteiger partial charge >= 0.3 is 0 Å². The first-order chi connectivity index (χ1) is 17.8. The van der Waals surface area contributed by atoms with Crippen molar-refractivity contribution in [1.82, 2.24) is 15.3 Å². The number of amides is 1. The van der Waals surface area contributed by atoms with Crippen molar-refractivity contribution in [3.63, 3.8) is 0 Å². The highest BCUT2D eigenvalue weighted by atomic mass is 35.5. The summed E-state index contributed by atoms with van der Waals surface area (Å²) in [5.41, 5.74) is 0.594. The van der Waals surface area contributed by atoms with Gasteiger partial charge in [-0.1, -0.05) is 25.4 Å². The van der Waals surface area contributed by atoms with Gasteiger partial charge < -0.3 is 20.9 Å². The molecule has 206 valence electrons. The van der Waals surface area contributed by atoms with Crippen LogP contribution in [0.3, 0.4) is 0 Å². The molecule has 2 aromatic rings. The lowest BCUT2D eigenvalue weighted by Gasteiger charge is -2.66. The molecule has 1 aromatic carbocycles. The van der Waals surface area contributed by atoms with E-state index in [4.69, 9.17) is 11.6 Å². The lowest BCUT2D eigenvalue weighted by Crippen LogP contribution is -2.69. The zero-order valence-electron chi connectivity index (χ0n) is 22.0. The molecule has 7 nitrogen and oxygen atoms in total. The van der Waals surface area contributed by atoms with Gasteiger partial charge in [0.15, 0.2) is 11.6 Å². The van der Waals surface area contributed by atoms with Crippen molar-refractivity contribution >= 4 is 40.6 Å². The number of nitrogens with one attached hydrogen (secondary N) is 3. The van der Waals surface area contributed by atoms with E-state index in [-0.39, 0.29) is 60.9 Å². The van der Waals surface area contributed by atoms with Crippen LogP contribution in [0.2, 0.25) is 5.02 Å². The van der Waals surface area contributed by atoms with Gasteiger partial charge in [-0.2, -0.15) is 4.98 Å². The van der Waals surface area contributed by atoms with Gasteiger partial charge in [0.1, 0.15) is 0 Å². The molecule has 3 aliphatic carbocycles. The Kier molecular flexibility index (Phi) is 6.69. The highest BCUT2D eigenvalue weighted by Gasteiger charge is 2.64. The molecule has 1 aliphatic heterocycles. The number of fused-ring (bicyclic) bond motifs is 2. The minimum atomic E-state index is -2.64. The average molecular weight is 551 g/mol. The van der Waals surface area contributed by atoms with E-state index in [0.29, 0.717) is 22.3 Å². The Labute approximate surface area is 225 Å². The number of carbonyl (C=O) groups excluding carboxylic acids is 1. The van der Waals surface area contributed by atoms with Gasteiger partial charge in [0.25, 0.3) is 5.92 Å². The maximum absolute atomic E-state index is 15.0. The van der Waals surface area contributed by atoms with Crippen LogP contribution >= 0.6 is 11.6 Å². The van der Waals surface area contributed by atoms with Gasteiger partial charge in [0, 0.05) is 38.7 Å². The van der Waals surface area contributed by atoms with Crippen molar-refractivity contribution in [2.24, 2.45) is 23.2 Å². The van der Waals surface area contributed by atoms with E-state index in [9.17, 15) is 18.0 Å². The summed E-state index contributed by atoms with van der Waals surface area (Å²) >= 11 is 6.49. The summed E-state index contributed by atoms with van der Waals surface area (Å²) in [6.45, 7) is 6.85. The van der Waals surface area contributed by atoms with E-state index in [2.05, 4.69) is 39.8 Å². The minimum Gasteiger partial charge on any atom is -0.370 e. The quantitative estimate of drug-likeness (QED) is 0.419. The van der Waals surface area contributed by atoms with E-state index in [1.807, 2.05) is 11.8 Å². The lowest BCUT2D eigenvalue weighted by molar-refractivity contribution is -0.155. The topological polar surface area (TPSA) is 82.2 Å². The normalized spacial score (nSPS) is 29.3. The summed E-state index contributed by atoms with van der Waals surface area (Å²) in [6, 6.07) is 5.20. The molecule has 38 heavy (non-hydrogen) atoms. The molecule has 4 fully saturated rings. The Morgan fingerprint density at radius 3 is 2.50 bits per heavy atom. The number of piperidine rings is 1. The fourth-order valence-corrected chi connectivity index (χ4v) is 7.05. The molecular weight excluding hydrogens is 517 g/mol. The third kappa shape index (κ3) is 4.65. The standard InChI is InChI=1S/C27H34ClF3N6O/c1-25(2)15-11-17(23(38)32-4)26(3,21(25)12-15)36-22-19(29)14-33-24(35-22)34-16-5-6-20(18(28)13-16)37-9-7-27(30,31)8-10-37/h5-6,13-15,17,21H,7-12H2,1-4H3,(H,32,38)(H2,33,34,35,36)/t15-,17+,21+,26-/m0/s1. The molecule has 6 rings (SSSR count). The number of halogens is 4. The summed E-state index contributed by atoms with van der Waals surface area (Å²) in [6.07, 6.45) is 2.38. The number of benzene rings is 1. The van der Waals surface area contributed by atoms with Gasteiger partial charge in [0.05, 0.1) is 28.4 Å². The molecule has 1 amide bonds. The molecule has 0 spiro atoms. The molecule has 1 aromatic heterocycles. The number of alkyl halides is 2. The van der Waals surface area contributed by atoms with Crippen molar-refractivity contribution in [2.45, 2.75) is 57.9 Å². The zero-order chi connectivity index (χ0) is 27.5. The third-order valence-electron chi connectivity index (χ3n) is 9.17. The average Bonchev–Trinajstić information content (AvgIpc) is 2.85. The lowest BCUT2D eigenvalue weighted by atomic mass is 9.40. The number of nitrogens with zero attached hydrogens (tertiary/aromatic N) is 3. The molecular formula is C27H34ClF3N6O. The number of rotatable bonds is 6. The first-order valence-corrected chi connectivity index (χ1v) is 13.4. The predicted molar refractivity (Wildman–Crippen MR) is 143 cm³/mol. The van der Waals surface area contributed by atoms with Crippen LogP contribution in [0.5, 0.6) is 0 Å². The van der Waals surface area contributed by atoms with Gasteiger partial charge in [-0.25, -0.2) is 18.2 Å². The molecule has 3 N–H and O–H groups in total. The fraction of sp³-hybridized carbons (Fsp3) is 0.593. The number of carbonyl (C=O) groups is 1. The van der Waals surface area contributed by atoms with E-state index < -0.39 is 17.3 Å². The summed E-state index contributed by atoms with van der Waals surface area (Å²) in [5, 5.41) is 9.54. The molecule has 1 saturated heterocycles. The van der Waals surface area contributed by atoms with Crippen LogP contribution in [0.25, 0.3) is 0 Å². The van der Waals surface area contributed by atoms with Crippen LogP contribution in [0.1, 0.15) is 46.5 Å². The zero-order valence-corrected chi connectivity index (χ0v) is 22.8. The number of hydrogen-bond donors (Lipinski definition) is 3. The highest BCUT2D eigenvalue weighted by molar-refractivity contribution is 6.33. The van der Waals surface area contributed by atoms with Crippen molar-refractivity contribution in [3.05, 3.63) is 35.2 Å². The molecule has 4 aliphatic rings. The van der Waals surface area contributed by atoms with Gasteiger partial charge in [-0.05, 0) is 55.2 Å². The Morgan fingerprint density at radius 2 is 1.87 bits per heavy atom. The molecule has 3 saturated carbocycles. The first kappa shape index (κ1) is 26.8. The van der Waals surface area contributed by atoms with E-state index in [1.54, 1.807) is 25.2 Å². The van der Waals surface area contributed by atoms with Crippen molar-refractivity contribution in [3.8, 4) is 0 Å². The third-order valence-corrected chi connectivity index (χ3v) is 9.48. The van der Waals surface area contributed by atoms with Gasteiger partial charge in [-0.3, -0.25) is 4.79 Å². The highest BCUT2D eigenvalue weighted by Crippen LogP contribution is 2.65. The second kappa shape index (κ2) is 9.47. The SMILES string of the molecule is CNC(=O)[C@H]1C[C@H]2C[C@H](C2(C)C)[C@@]1(C)Nc1nc(Nc2ccc(N3CCC(F)(F)CC3)c(Cl)c2)ncc1F. The monoisotopic (exact) mass is 550 g/mol. The maximum atomic E-state index is 15.0. The van der Waals surface area contributed by atoms with Crippen LogP contribution in [0, 0.1) is 29.0 Å². The largest absolute Gasteiger partial charge is 0.370 e. The number of hydrogen-bond acceptors (Lipinski definition) is 6. The Hall–Kier alpha value is -2.75. The van der Waals surface area contributed by atoms with Crippen LogP contribution in [-0.4, -0.2) is 47.5 Å². The first-order valence-electron chi connectivity index (χ1n) is 13.1. The van der Waals surface area contributed by atoms with Crippen molar-refractivity contribution < 1.29 is 18.0 Å². The van der Waals surface area contributed by atoms with Crippen molar-refractivity contribution in [2.75, 3.05) is 35.7 Å². The Morgan fingerprint density at radius 1 is 1.16 bits per heavy atom. The summed E-state index contributed by atoms with van der Waals surface area (Å²) < 4.78 is 42.0. The molecule has 4 atom stereocenters. The smallest absolute Gasteiger partial charge is 0.251 e. The number of anilines is 4. The fourth-order valence-electron chi connectivity index (χ4n) is 6.75. The van der Waals surface area contributed by atoms with E-state index >= 15 is 0 Å². The Bertz CT molecular complexity index is 1230. The van der Waals surface area contributed by atoms with Crippen LogP contribution in [-0.2, 0) is 4.79 Å². The van der Waals surface area contributed by atoms with Crippen molar-refractivity contribution in [1.29, 1.82) is 0 Å². The number of aromatic nitrogens is 2. The van der Waals surface area contributed by atoms with Crippen LogP contribution < -0.4 is 20.9 Å². The second-order valence-electron chi connectivity index (χ2n) is 11.6.